The molecule has 0 saturated carbocycles. The molecule has 1 heterocycles. The molecule has 0 fully saturated rings. The highest BCUT2D eigenvalue weighted by Crippen LogP contribution is 2.37. The van der Waals surface area contributed by atoms with Gasteiger partial charge in [-0.3, -0.25) is 0 Å². The number of thiophene rings is 1. The molecular weight excluding hydrogens is 212 g/mol. The molecule has 0 aliphatic heterocycles. The summed E-state index contributed by atoms with van der Waals surface area (Å²) >= 11 is 6.04. The summed E-state index contributed by atoms with van der Waals surface area (Å²) in [4.78, 5) is 0. The summed E-state index contributed by atoms with van der Waals surface area (Å²) in [6.45, 7) is 4.82. The summed E-state index contributed by atoms with van der Waals surface area (Å²) in [6, 6.07) is 6.22. The van der Waals surface area contributed by atoms with Gasteiger partial charge < -0.3 is 4.74 Å². The lowest BCUT2D eigenvalue weighted by atomic mass is 10.1. The third-order valence-corrected chi connectivity index (χ3v) is 3.51. The number of hydrogen-bond acceptors (Lipinski definition) is 3. The van der Waals surface area contributed by atoms with Crippen molar-refractivity contribution in [3.63, 3.8) is 0 Å². The summed E-state index contributed by atoms with van der Waals surface area (Å²) in [6.07, 6.45) is 0. The Labute approximate surface area is 93.1 Å². The summed E-state index contributed by atoms with van der Waals surface area (Å²) in [5, 5.41) is 1.26. The Morgan fingerprint density at radius 2 is 2.21 bits per heavy atom. The number of rotatable bonds is 2. The zero-order valence-corrected chi connectivity index (χ0v) is 9.91. The van der Waals surface area contributed by atoms with E-state index in [1.807, 2.05) is 13.0 Å². The fraction of sp³-hybridized carbons (Fsp3) is 0.273. The minimum Gasteiger partial charge on any atom is -0.492 e. The van der Waals surface area contributed by atoms with E-state index in [2.05, 4.69) is 31.7 Å². The molecule has 0 atom stereocenters. The van der Waals surface area contributed by atoms with Crippen LogP contribution < -0.4 is 4.74 Å². The minimum atomic E-state index is 0.706. The standard InChI is InChI=1S/C11H12OS2/c1-3-12-9-5-4-7(2)8-6-10(13)14-11(8)9/h4-6,13H,3H2,1-2H3. The number of thiol groups is 1. The van der Waals surface area contributed by atoms with E-state index in [0.29, 0.717) is 6.61 Å². The third-order valence-electron chi connectivity index (χ3n) is 2.15. The van der Waals surface area contributed by atoms with Gasteiger partial charge in [-0.15, -0.1) is 24.0 Å². The maximum absolute atomic E-state index is 5.56. The fourth-order valence-corrected chi connectivity index (χ4v) is 2.84. The molecule has 0 bridgehead atoms. The average Bonchev–Trinajstić information content (AvgIpc) is 2.53. The molecule has 1 aromatic carbocycles. The summed E-state index contributed by atoms with van der Waals surface area (Å²) in [5.74, 6) is 0.971. The van der Waals surface area contributed by atoms with Crippen LogP contribution in [0.5, 0.6) is 5.75 Å². The molecule has 2 aromatic rings. The second kappa shape index (κ2) is 3.83. The molecule has 74 valence electrons. The van der Waals surface area contributed by atoms with Gasteiger partial charge in [0.2, 0.25) is 0 Å². The largest absolute Gasteiger partial charge is 0.492 e. The van der Waals surface area contributed by atoms with E-state index >= 15 is 0 Å². The van der Waals surface area contributed by atoms with Crippen molar-refractivity contribution in [3.05, 3.63) is 23.8 Å². The van der Waals surface area contributed by atoms with E-state index in [-0.39, 0.29) is 0 Å². The van der Waals surface area contributed by atoms with Crippen LogP contribution in [0.2, 0.25) is 0 Å². The second-order valence-electron chi connectivity index (χ2n) is 3.14. The van der Waals surface area contributed by atoms with Gasteiger partial charge in [0.15, 0.2) is 0 Å². The molecule has 1 nitrogen and oxygen atoms in total. The number of aryl methyl sites for hydroxylation is 1. The van der Waals surface area contributed by atoms with Crippen LogP contribution in [0.15, 0.2) is 22.4 Å². The number of benzene rings is 1. The summed E-state index contributed by atoms with van der Waals surface area (Å²) in [5.41, 5.74) is 1.28. The van der Waals surface area contributed by atoms with Crippen molar-refractivity contribution < 1.29 is 4.74 Å². The Balaban J connectivity index is 2.68. The Morgan fingerprint density at radius 1 is 1.43 bits per heavy atom. The zero-order chi connectivity index (χ0) is 10.1. The van der Waals surface area contributed by atoms with E-state index in [1.165, 1.54) is 15.6 Å². The van der Waals surface area contributed by atoms with Gasteiger partial charge in [-0.05, 0) is 31.5 Å². The number of fused-ring (bicyclic) bond motifs is 1. The Bertz CT molecular complexity index is 460. The van der Waals surface area contributed by atoms with E-state index in [1.54, 1.807) is 11.3 Å². The maximum atomic E-state index is 5.56. The molecule has 0 unspecified atom stereocenters. The van der Waals surface area contributed by atoms with E-state index in [4.69, 9.17) is 4.74 Å². The molecular formula is C11H12OS2. The first kappa shape index (κ1) is 9.87. The van der Waals surface area contributed by atoms with Crippen LogP contribution in [0.3, 0.4) is 0 Å². The fourth-order valence-electron chi connectivity index (χ4n) is 1.49. The van der Waals surface area contributed by atoms with Gasteiger partial charge in [0.1, 0.15) is 5.75 Å². The highest BCUT2D eigenvalue weighted by molar-refractivity contribution is 7.83. The third kappa shape index (κ3) is 1.62. The van der Waals surface area contributed by atoms with Crippen LogP contribution in [0.1, 0.15) is 12.5 Å². The molecule has 0 amide bonds. The molecule has 0 aliphatic carbocycles. The Morgan fingerprint density at radius 3 is 2.93 bits per heavy atom. The molecule has 0 radical (unpaired) electrons. The molecule has 0 aliphatic rings. The van der Waals surface area contributed by atoms with Gasteiger partial charge in [0, 0.05) is 5.39 Å². The monoisotopic (exact) mass is 224 g/mol. The Hall–Kier alpha value is -0.670. The van der Waals surface area contributed by atoms with E-state index in [0.717, 1.165) is 9.96 Å². The first-order valence-electron chi connectivity index (χ1n) is 4.57. The van der Waals surface area contributed by atoms with Crippen LogP contribution in [0.4, 0.5) is 0 Å². The first-order valence-corrected chi connectivity index (χ1v) is 5.83. The van der Waals surface area contributed by atoms with Crippen molar-refractivity contribution >= 4 is 34.1 Å². The second-order valence-corrected chi connectivity index (χ2v) is 4.98. The normalized spacial score (nSPS) is 10.8. The van der Waals surface area contributed by atoms with Gasteiger partial charge in [-0.1, -0.05) is 6.07 Å². The highest BCUT2D eigenvalue weighted by atomic mass is 32.2. The predicted molar refractivity (Wildman–Crippen MR) is 65.0 cm³/mol. The van der Waals surface area contributed by atoms with Crippen LogP contribution in [-0.2, 0) is 0 Å². The lowest BCUT2D eigenvalue weighted by Crippen LogP contribution is -1.91. The van der Waals surface area contributed by atoms with Crippen molar-refractivity contribution in [2.24, 2.45) is 0 Å². The van der Waals surface area contributed by atoms with Crippen LogP contribution in [0.25, 0.3) is 10.1 Å². The summed E-state index contributed by atoms with van der Waals surface area (Å²) in [7, 11) is 0. The molecule has 3 heteroatoms. The topological polar surface area (TPSA) is 9.23 Å². The summed E-state index contributed by atoms with van der Waals surface area (Å²) < 4.78 is 7.81. The lowest BCUT2D eigenvalue weighted by molar-refractivity contribution is 0.345. The van der Waals surface area contributed by atoms with Crippen LogP contribution in [-0.4, -0.2) is 6.61 Å². The zero-order valence-electron chi connectivity index (χ0n) is 8.20. The lowest BCUT2D eigenvalue weighted by Gasteiger charge is -2.05. The smallest absolute Gasteiger partial charge is 0.137 e. The van der Waals surface area contributed by atoms with Crippen molar-refractivity contribution in [1.82, 2.24) is 0 Å². The van der Waals surface area contributed by atoms with Gasteiger partial charge in [0.05, 0.1) is 15.5 Å². The molecule has 0 spiro atoms. The minimum absolute atomic E-state index is 0.706. The quantitative estimate of drug-likeness (QED) is 0.761. The van der Waals surface area contributed by atoms with Crippen LogP contribution >= 0.6 is 24.0 Å². The number of ether oxygens (including phenoxy) is 1. The first-order chi connectivity index (χ1) is 6.72. The van der Waals surface area contributed by atoms with Crippen molar-refractivity contribution in [3.8, 4) is 5.75 Å². The van der Waals surface area contributed by atoms with Crippen molar-refractivity contribution in [2.45, 2.75) is 18.1 Å². The molecule has 2 rings (SSSR count). The molecule has 0 N–H and O–H groups in total. The SMILES string of the molecule is CCOc1ccc(C)c2cc(S)sc12. The van der Waals surface area contributed by atoms with Gasteiger partial charge >= 0.3 is 0 Å². The van der Waals surface area contributed by atoms with Crippen LogP contribution in [0, 0.1) is 6.92 Å². The highest BCUT2D eigenvalue weighted by Gasteiger charge is 2.07. The van der Waals surface area contributed by atoms with Gasteiger partial charge in [-0.2, -0.15) is 0 Å². The van der Waals surface area contributed by atoms with Gasteiger partial charge in [0.25, 0.3) is 0 Å². The predicted octanol–water partition coefficient (Wildman–Crippen LogP) is 3.90. The molecule has 14 heavy (non-hydrogen) atoms. The maximum Gasteiger partial charge on any atom is 0.137 e. The van der Waals surface area contributed by atoms with Gasteiger partial charge in [-0.25, -0.2) is 0 Å². The molecule has 0 saturated heterocycles. The van der Waals surface area contributed by atoms with E-state index < -0.39 is 0 Å². The number of hydrogen-bond donors (Lipinski definition) is 1. The van der Waals surface area contributed by atoms with E-state index in [9.17, 15) is 0 Å². The van der Waals surface area contributed by atoms with Crippen molar-refractivity contribution in [2.75, 3.05) is 6.61 Å². The van der Waals surface area contributed by atoms with Crippen molar-refractivity contribution in [1.29, 1.82) is 0 Å². The average molecular weight is 224 g/mol. The molecule has 1 aromatic heterocycles. The Kier molecular flexibility index (Phi) is 2.70.